The van der Waals surface area contributed by atoms with E-state index in [1.165, 1.54) is 12.1 Å². The highest BCUT2D eigenvalue weighted by Gasteiger charge is 2.24. The van der Waals surface area contributed by atoms with Gasteiger partial charge in [-0.05, 0) is 6.07 Å². The Morgan fingerprint density at radius 1 is 1.53 bits per heavy atom. The molecule has 15 heavy (non-hydrogen) atoms. The zero-order valence-electron chi connectivity index (χ0n) is 8.04. The summed E-state index contributed by atoms with van der Waals surface area (Å²) in [6, 6.07) is 4.76. The van der Waals surface area contributed by atoms with Crippen molar-refractivity contribution in [1.29, 1.82) is 0 Å². The number of hydrogen-bond acceptors (Lipinski definition) is 4. The lowest BCUT2D eigenvalue weighted by Crippen LogP contribution is -2.34. The van der Waals surface area contributed by atoms with E-state index in [4.69, 9.17) is 0 Å². The quantitative estimate of drug-likeness (QED) is 0.519. The molecule has 0 bridgehead atoms. The molecule has 0 N–H and O–H groups in total. The molecular formula is C9H8N4O2. The molecule has 6 nitrogen and oxygen atoms in total. The minimum Gasteiger partial charge on any atom is -0.327 e. The van der Waals surface area contributed by atoms with Gasteiger partial charge in [0.15, 0.2) is 0 Å². The summed E-state index contributed by atoms with van der Waals surface area (Å²) < 4.78 is 2.03. The molecule has 0 unspecified atom stereocenters. The lowest BCUT2D eigenvalue weighted by Gasteiger charge is -2.29. The van der Waals surface area contributed by atoms with E-state index >= 15 is 0 Å². The molecule has 0 saturated heterocycles. The van der Waals surface area contributed by atoms with E-state index in [0.29, 0.717) is 5.52 Å². The first-order valence-electron chi connectivity index (χ1n) is 4.52. The molecule has 1 aliphatic heterocycles. The number of non-ortho nitro benzene ring substituents is 1. The van der Waals surface area contributed by atoms with Gasteiger partial charge in [-0.2, -0.15) is 0 Å². The molecular weight excluding hydrogens is 196 g/mol. The van der Waals surface area contributed by atoms with Crippen LogP contribution in [0, 0.1) is 10.1 Å². The minimum atomic E-state index is -0.403. The van der Waals surface area contributed by atoms with Crippen molar-refractivity contribution in [3.05, 3.63) is 28.3 Å². The Labute approximate surface area is 84.9 Å². The van der Waals surface area contributed by atoms with Gasteiger partial charge >= 0.3 is 0 Å². The van der Waals surface area contributed by atoms with E-state index in [-0.39, 0.29) is 5.69 Å². The number of nitro groups is 1. The number of nitrogens with zero attached hydrogens (tertiary/aromatic N) is 4. The van der Waals surface area contributed by atoms with E-state index in [1.807, 2.05) is 16.5 Å². The number of benzene rings is 1. The fourth-order valence-corrected chi connectivity index (χ4v) is 1.85. The molecule has 76 valence electrons. The topological polar surface area (TPSA) is 64.2 Å². The van der Waals surface area contributed by atoms with Crippen LogP contribution in [-0.2, 0) is 6.67 Å². The van der Waals surface area contributed by atoms with Crippen LogP contribution in [0.1, 0.15) is 0 Å². The second-order valence-electron chi connectivity index (χ2n) is 3.61. The molecule has 0 radical (unpaired) electrons. The smallest absolute Gasteiger partial charge is 0.271 e. The highest BCUT2D eigenvalue weighted by Crippen LogP contribution is 2.30. The van der Waals surface area contributed by atoms with Crippen LogP contribution in [0.3, 0.4) is 0 Å². The van der Waals surface area contributed by atoms with Gasteiger partial charge in [0.1, 0.15) is 6.67 Å². The van der Waals surface area contributed by atoms with Gasteiger partial charge in [0.25, 0.3) is 5.69 Å². The standard InChI is InChI=1S/C9H8N4O2/c1-11-5-12-8-3-2-6(13(14)15)4-7(8)10-9(11)12/h2-4H,5H2,1H3. The van der Waals surface area contributed by atoms with Crippen molar-refractivity contribution in [2.75, 3.05) is 11.9 Å². The third kappa shape index (κ3) is 0.955. The summed E-state index contributed by atoms with van der Waals surface area (Å²) in [6.45, 7) is 0.795. The van der Waals surface area contributed by atoms with Crippen LogP contribution < -0.4 is 4.90 Å². The van der Waals surface area contributed by atoms with Gasteiger partial charge < -0.3 is 4.90 Å². The van der Waals surface area contributed by atoms with E-state index in [2.05, 4.69) is 4.98 Å². The molecule has 0 spiro atoms. The summed E-state index contributed by atoms with van der Waals surface area (Å²) in [5.41, 5.74) is 1.72. The highest BCUT2D eigenvalue weighted by atomic mass is 16.6. The summed E-state index contributed by atoms with van der Waals surface area (Å²) >= 11 is 0. The Bertz CT molecular complexity index is 575. The summed E-state index contributed by atoms with van der Waals surface area (Å²) in [7, 11) is 1.94. The maximum Gasteiger partial charge on any atom is 0.271 e. The molecule has 1 aliphatic rings. The minimum absolute atomic E-state index is 0.0863. The fraction of sp³-hybridized carbons (Fsp3) is 0.222. The van der Waals surface area contributed by atoms with Crippen molar-refractivity contribution < 1.29 is 4.92 Å². The predicted octanol–water partition coefficient (Wildman–Crippen LogP) is 1.35. The highest BCUT2D eigenvalue weighted by molar-refractivity contribution is 5.82. The molecule has 0 atom stereocenters. The summed E-state index contributed by atoms with van der Waals surface area (Å²) in [5.74, 6) is 0.866. The molecule has 0 amide bonds. The lowest BCUT2D eigenvalue weighted by molar-refractivity contribution is -0.384. The van der Waals surface area contributed by atoms with Crippen LogP contribution >= 0.6 is 0 Å². The maximum atomic E-state index is 10.6. The molecule has 0 aliphatic carbocycles. The molecule has 1 aromatic carbocycles. The zero-order chi connectivity index (χ0) is 10.6. The normalized spacial score (nSPS) is 13.8. The van der Waals surface area contributed by atoms with Crippen LogP contribution in [0.15, 0.2) is 18.2 Å². The molecule has 3 rings (SSSR count). The monoisotopic (exact) mass is 204 g/mol. The largest absolute Gasteiger partial charge is 0.327 e. The molecule has 6 heteroatoms. The van der Waals surface area contributed by atoms with Crippen molar-refractivity contribution >= 4 is 22.7 Å². The number of nitro benzene ring substituents is 1. The predicted molar refractivity (Wildman–Crippen MR) is 54.8 cm³/mol. The maximum absolute atomic E-state index is 10.6. The molecule has 2 heterocycles. The fourth-order valence-electron chi connectivity index (χ4n) is 1.85. The van der Waals surface area contributed by atoms with Crippen molar-refractivity contribution in [3.63, 3.8) is 0 Å². The molecule has 1 aromatic heterocycles. The van der Waals surface area contributed by atoms with E-state index in [0.717, 1.165) is 18.1 Å². The van der Waals surface area contributed by atoms with Crippen LogP contribution in [-0.4, -0.2) is 21.5 Å². The van der Waals surface area contributed by atoms with Gasteiger partial charge in [-0.25, -0.2) is 4.98 Å². The van der Waals surface area contributed by atoms with Gasteiger partial charge in [0.05, 0.1) is 16.0 Å². The van der Waals surface area contributed by atoms with Crippen molar-refractivity contribution in [2.45, 2.75) is 6.67 Å². The van der Waals surface area contributed by atoms with E-state index in [9.17, 15) is 10.1 Å². The Kier molecular flexibility index (Phi) is 1.35. The number of aromatic nitrogens is 2. The van der Waals surface area contributed by atoms with Crippen LogP contribution in [0.5, 0.6) is 0 Å². The van der Waals surface area contributed by atoms with Crippen LogP contribution in [0.2, 0.25) is 0 Å². The lowest BCUT2D eigenvalue weighted by atomic mass is 10.3. The molecule has 2 aromatic rings. The second-order valence-corrected chi connectivity index (χ2v) is 3.61. The Morgan fingerprint density at radius 3 is 3.00 bits per heavy atom. The van der Waals surface area contributed by atoms with Crippen molar-refractivity contribution in [1.82, 2.24) is 9.55 Å². The van der Waals surface area contributed by atoms with Gasteiger partial charge in [-0.3, -0.25) is 14.7 Å². The van der Waals surface area contributed by atoms with Gasteiger partial charge in [0.2, 0.25) is 5.95 Å². The SMILES string of the molecule is CN1Cn2c1nc1cc([N+](=O)[O-])ccc12. The Morgan fingerprint density at radius 2 is 2.33 bits per heavy atom. The number of anilines is 1. The average Bonchev–Trinajstić information content (AvgIpc) is 2.51. The van der Waals surface area contributed by atoms with Crippen LogP contribution in [0.4, 0.5) is 11.6 Å². The first kappa shape index (κ1) is 8.22. The average molecular weight is 204 g/mol. The van der Waals surface area contributed by atoms with E-state index in [1.54, 1.807) is 6.07 Å². The molecule has 0 saturated carbocycles. The van der Waals surface area contributed by atoms with Crippen molar-refractivity contribution in [2.24, 2.45) is 0 Å². The first-order valence-corrected chi connectivity index (χ1v) is 4.52. The third-order valence-electron chi connectivity index (χ3n) is 2.62. The summed E-state index contributed by atoms with van der Waals surface area (Å²) in [4.78, 5) is 16.5. The number of imidazole rings is 1. The Hall–Kier alpha value is -2.11. The molecule has 0 fully saturated rings. The summed E-state index contributed by atoms with van der Waals surface area (Å²) in [6.07, 6.45) is 0. The first-order chi connectivity index (χ1) is 7.16. The Balaban J connectivity index is 2.25. The van der Waals surface area contributed by atoms with Crippen LogP contribution in [0.25, 0.3) is 11.0 Å². The number of rotatable bonds is 1. The van der Waals surface area contributed by atoms with Gasteiger partial charge in [-0.15, -0.1) is 0 Å². The number of hydrogen-bond donors (Lipinski definition) is 0. The second kappa shape index (κ2) is 2.47. The zero-order valence-corrected chi connectivity index (χ0v) is 8.04. The third-order valence-corrected chi connectivity index (χ3v) is 2.62. The van der Waals surface area contributed by atoms with Gasteiger partial charge in [-0.1, -0.05) is 0 Å². The summed E-state index contributed by atoms with van der Waals surface area (Å²) in [5, 5.41) is 10.6. The van der Waals surface area contributed by atoms with E-state index < -0.39 is 4.92 Å². The number of fused-ring (bicyclic) bond motifs is 3. The van der Waals surface area contributed by atoms with Gasteiger partial charge in [0, 0.05) is 19.2 Å². The van der Waals surface area contributed by atoms with Crippen molar-refractivity contribution in [3.8, 4) is 0 Å².